The molecule has 0 saturated carbocycles. The molecule has 37 heavy (non-hydrogen) atoms. The molecule has 3 aromatic carbocycles. The van der Waals surface area contributed by atoms with E-state index in [2.05, 4.69) is 81.5 Å². The number of hydrogen-bond donors (Lipinski definition) is 4. The monoisotopic (exact) mass is 499 g/mol. The zero-order chi connectivity index (χ0) is 26.0. The molecule has 4 rings (SSSR count). The molecule has 0 bridgehead atoms. The van der Waals surface area contributed by atoms with E-state index >= 15 is 0 Å². The molecule has 3 aromatic rings. The lowest BCUT2D eigenvalue weighted by Gasteiger charge is -2.38. The normalized spacial score (nSPS) is 14.3. The number of carbonyl (C=O) groups is 2. The average molecular weight is 500 g/mol. The van der Waals surface area contributed by atoms with Crippen LogP contribution in [0.1, 0.15) is 53.7 Å². The van der Waals surface area contributed by atoms with Gasteiger partial charge in [0.1, 0.15) is 0 Å². The first-order valence-electron chi connectivity index (χ1n) is 13.1. The third kappa shape index (κ3) is 7.11. The van der Waals surface area contributed by atoms with Crippen LogP contribution in [0.3, 0.4) is 0 Å². The van der Waals surface area contributed by atoms with E-state index in [1.54, 1.807) is 18.2 Å². The summed E-state index contributed by atoms with van der Waals surface area (Å²) in [5, 5.41) is 8.61. The maximum atomic E-state index is 13.0. The molecule has 7 heteroatoms. The highest BCUT2D eigenvalue weighted by atomic mass is 16.2. The molecule has 194 valence electrons. The highest BCUT2D eigenvalue weighted by Gasteiger charge is 2.27. The number of piperidine rings is 1. The Balaban J connectivity index is 1.36. The van der Waals surface area contributed by atoms with Crippen molar-refractivity contribution in [3.63, 3.8) is 0 Å². The van der Waals surface area contributed by atoms with Gasteiger partial charge in [0.05, 0.1) is 17.3 Å². The first-order chi connectivity index (χ1) is 18.0. The Hall–Kier alpha value is -3.84. The van der Waals surface area contributed by atoms with Crippen molar-refractivity contribution in [3.8, 4) is 0 Å². The smallest absolute Gasteiger partial charge is 0.319 e. The quantitative estimate of drug-likeness (QED) is 0.310. The molecule has 1 aliphatic rings. The number of amides is 3. The van der Waals surface area contributed by atoms with Crippen LogP contribution < -0.4 is 21.7 Å². The summed E-state index contributed by atoms with van der Waals surface area (Å²) in [6.45, 7) is 5.05. The second kappa shape index (κ2) is 12.9. The van der Waals surface area contributed by atoms with Crippen LogP contribution in [-0.4, -0.2) is 43.0 Å². The van der Waals surface area contributed by atoms with Gasteiger partial charge in [0.15, 0.2) is 0 Å². The van der Waals surface area contributed by atoms with E-state index in [9.17, 15) is 9.59 Å². The molecular weight excluding hydrogens is 462 g/mol. The van der Waals surface area contributed by atoms with E-state index in [4.69, 9.17) is 5.73 Å². The third-order valence-electron chi connectivity index (χ3n) is 6.87. The van der Waals surface area contributed by atoms with E-state index in [1.165, 1.54) is 11.1 Å². The molecule has 0 radical (unpaired) electrons. The number of rotatable bonds is 9. The SMILES string of the molecule is CCCNC(=O)Nc1ccc(N)cc1C(=O)NCC1CCN(C(c2ccccc2)c2ccccc2)CC1. The molecule has 5 N–H and O–H groups in total. The van der Waals surface area contributed by atoms with Crippen LogP contribution in [0.4, 0.5) is 16.2 Å². The van der Waals surface area contributed by atoms with Gasteiger partial charge in [-0.15, -0.1) is 0 Å². The zero-order valence-corrected chi connectivity index (χ0v) is 21.5. The minimum atomic E-state index is -0.334. The number of nitrogen functional groups attached to an aromatic ring is 1. The molecule has 1 heterocycles. The fourth-order valence-electron chi connectivity index (χ4n) is 4.90. The fraction of sp³-hybridized carbons (Fsp3) is 0.333. The van der Waals surface area contributed by atoms with Gasteiger partial charge in [-0.25, -0.2) is 4.79 Å². The van der Waals surface area contributed by atoms with Crippen molar-refractivity contribution in [1.29, 1.82) is 0 Å². The zero-order valence-electron chi connectivity index (χ0n) is 21.5. The van der Waals surface area contributed by atoms with Crippen LogP contribution in [0.2, 0.25) is 0 Å². The molecule has 0 atom stereocenters. The van der Waals surface area contributed by atoms with Crippen molar-refractivity contribution < 1.29 is 9.59 Å². The molecule has 1 saturated heterocycles. The first kappa shape index (κ1) is 26.2. The van der Waals surface area contributed by atoms with Gasteiger partial charge >= 0.3 is 6.03 Å². The molecule has 0 aromatic heterocycles. The summed E-state index contributed by atoms with van der Waals surface area (Å²) in [4.78, 5) is 27.7. The second-order valence-corrected chi connectivity index (χ2v) is 9.60. The Morgan fingerprint density at radius 2 is 1.54 bits per heavy atom. The van der Waals surface area contributed by atoms with Crippen molar-refractivity contribution in [3.05, 3.63) is 95.6 Å². The van der Waals surface area contributed by atoms with Gasteiger partial charge in [-0.1, -0.05) is 67.6 Å². The molecule has 3 amide bonds. The number of hydrogen-bond acceptors (Lipinski definition) is 4. The topological polar surface area (TPSA) is 99.5 Å². The van der Waals surface area contributed by atoms with Gasteiger partial charge in [0, 0.05) is 18.8 Å². The molecule has 1 fully saturated rings. The van der Waals surface area contributed by atoms with Crippen molar-refractivity contribution in [2.75, 3.05) is 37.2 Å². The largest absolute Gasteiger partial charge is 0.399 e. The molecule has 7 nitrogen and oxygen atoms in total. The summed E-state index contributed by atoms with van der Waals surface area (Å²) in [7, 11) is 0. The van der Waals surface area contributed by atoms with Crippen molar-refractivity contribution >= 4 is 23.3 Å². The van der Waals surface area contributed by atoms with Crippen LogP contribution in [0.25, 0.3) is 0 Å². The van der Waals surface area contributed by atoms with Crippen LogP contribution in [0.5, 0.6) is 0 Å². The van der Waals surface area contributed by atoms with Gasteiger partial charge in [-0.3, -0.25) is 9.69 Å². The lowest BCUT2D eigenvalue weighted by Crippen LogP contribution is -2.40. The summed E-state index contributed by atoms with van der Waals surface area (Å²) in [5.41, 5.74) is 9.83. The number of anilines is 2. The number of nitrogens with zero attached hydrogens (tertiary/aromatic N) is 1. The standard InChI is InChI=1S/C30H37N5O2/c1-2-17-32-30(37)34-27-14-13-25(31)20-26(27)29(36)33-21-22-15-18-35(19-16-22)28(23-9-5-3-6-10-23)24-11-7-4-8-12-24/h3-14,20,22,28H,2,15-19,21,31H2,1H3,(H,33,36)(H2,32,34,37). The maximum Gasteiger partial charge on any atom is 0.319 e. The number of urea groups is 1. The maximum absolute atomic E-state index is 13.0. The van der Waals surface area contributed by atoms with Crippen LogP contribution >= 0.6 is 0 Å². The number of carbonyl (C=O) groups excluding carboxylic acids is 2. The lowest BCUT2D eigenvalue weighted by atomic mass is 9.91. The summed E-state index contributed by atoms with van der Waals surface area (Å²) >= 11 is 0. The van der Waals surface area contributed by atoms with Gasteiger partial charge < -0.3 is 21.7 Å². The molecule has 0 spiro atoms. The highest BCUT2D eigenvalue weighted by Crippen LogP contribution is 2.32. The number of nitrogens with one attached hydrogen (secondary N) is 3. The Kier molecular flexibility index (Phi) is 9.16. The summed E-state index contributed by atoms with van der Waals surface area (Å²) in [6.07, 6.45) is 2.83. The van der Waals surface area contributed by atoms with Gasteiger partial charge in [0.25, 0.3) is 5.91 Å². The second-order valence-electron chi connectivity index (χ2n) is 9.60. The average Bonchev–Trinajstić information content (AvgIpc) is 2.93. The highest BCUT2D eigenvalue weighted by molar-refractivity contribution is 6.04. The van der Waals surface area contributed by atoms with Crippen LogP contribution in [0.15, 0.2) is 78.9 Å². The minimum Gasteiger partial charge on any atom is -0.399 e. The Bertz CT molecular complexity index is 1120. The number of nitrogens with two attached hydrogens (primary N) is 1. The van der Waals surface area contributed by atoms with Crippen molar-refractivity contribution in [2.24, 2.45) is 5.92 Å². The van der Waals surface area contributed by atoms with Crippen LogP contribution in [0, 0.1) is 5.92 Å². The first-order valence-corrected chi connectivity index (χ1v) is 13.1. The van der Waals surface area contributed by atoms with E-state index in [-0.39, 0.29) is 18.0 Å². The van der Waals surface area contributed by atoms with Crippen LogP contribution in [-0.2, 0) is 0 Å². The summed E-state index contributed by atoms with van der Waals surface area (Å²) in [5.74, 6) is 0.157. The minimum absolute atomic E-state index is 0.220. The Morgan fingerprint density at radius 3 is 2.14 bits per heavy atom. The summed E-state index contributed by atoms with van der Waals surface area (Å²) < 4.78 is 0. The van der Waals surface area contributed by atoms with E-state index in [1.807, 2.05) is 6.92 Å². The van der Waals surface area contributed by atoms with E-state index < -0.39 is 0 Å². The molecular formula is C30H37N5O2. The summed E-state index contributed by atoms with van der Waals surface area (Å²) in [6, 6.07) is 26.1. The number of benzene rings is 3. The van der Waals surface area contributed by atoms with Crippen molar-refractivity contribution in [1.82, 2.24) is 15.5 Å². The third-order valence-corrected chi connectivity index (χ3v) is 6.87. The van der Waals surface area contributed by atoms with Crippen molar-refractivity contribution in [2.45, 2.75) is 32.2 Å². The Labute approximate surface area is 219 Å². The predicted octanol–water partition coefficient (Wildman–Crippen LogP) is 5.03. The van der Waals surface area contributed by atoms with Gasteiger partial charge in [-0.05, 0) is 67.6 Å². The van der Waals surface area contributed by atoms with E-state index in [0.29, 0.717) is 35.9 Å². The molecule has 1 aliphatic heterocycles. The number of likely N-dealkylation sites (tertiary alicyclic amines) is 1. The predicted molar refractivity (Wildman–Crippen MR) is 150 cm³/mol. The van der Waals surface area contributed by atoms with Gasteiger partial charge in [-0.2, -0.15) is 0 Å². The van der Waals surface area contributed by atoms with Gasteiger partial charge in [0.2, 0.25) is 0 Å². The molecule has 0 unspecified atom stereocenters. The fourth-order valence-corrected chi connectivity index (χ4v) is 4.90. The lowest BCUT2D eigenvalue weighted by molar-refractivity contribution is 0.0931. The Morgan fingerprint density at radius 1 is 0.919 bits per heavy atom. The van der Waals surface area contributed by atoms with E-state index in [0.717, 1.165) is 32.4 Å². The molecule has 0 aliphatic carbocycles.